The van der Waals surface area contributed by atoms with Crippen LogP contribution in [-0.2, 0) is 14.8 Å². The number of halogens is 1. The summed E-state index contributed by atoms with van der Waals surface area (Å²) in [6.45, 7) is 5.85. The maximum absolute atomic E-state index is 13.5. The molecule has 4 atom stereocenters. The molecule has 0 saturated carbocycles. The van der Waals surface area contributed by atoms with Gasteiger partial charge in [0, 0.05) is 30.8 Å². The van der Waals surface area contributed by atoms with Crippen molar-refractivity contribution >= 4 is 27.6 Å². The lowest BCUT2D eigenvalue weighted by molar-refractivity contribution is 0.117. The smallest absolute Gasteiger partial charge is 0.243 e. The van der Waals surface area contributed by atoms with Crippen LogP contribution >= 0.6 is 11.6 Å². The molecular weight excluding hydrogens is 508 g/mol. The molecule has 1 saturated heterocycles. The molecule has 1 fully saturated rings. The maximum atomic E-state index is 13.5. The molecular formula is C23H29ClN6O5S. The predicted octanol–water partition coefficient (Wildman–Crippen LogP) is 3.55. The Bertz CT molecular complexity index is 1290. The molecule has 0 amide bonds. The quantitative estimate of drug-likeness (QED) is 0.436. The van der Waals surface area contributed by atoms with E-state index in [1.165, 1.54) is 26.6 Å². The highest BCUT2D eigenvalue weighted by atomic mass is 35.5. The second-order valence-electron chi connectivity index (χ2n) is 8.60. The number of anilines is 1. The Morgan fingerprint density at radius 3 is 2.33 bits per heavy atom. The molecule has 3 heterocycles. The van der Waals surface area contributed by atoms with Crippen LogP contribution in [0.2, 0.25) is 5.02 Å². The summed E-state index contributed by atoms with van der Waals surface area (Å²) in [4.78, 5) is 8.36. The van der Waals surface area contributed by atoms with Crippen LogP contribution in [0.5, 0.6) is 11.5 Å². The summed E-state index contributed by atoms with van der Waals surface area (Å²) in [6, 6.07) is 5.31. The van der Waals surface area contributed by atoms with Gasteiger partial charge in [0.25, 0.3) is 0 Å². The average molecular weight is 537 g/mol. The summed E-state index contributed by atoms with van der Waals surface area (Å²) in [5.74, 6) is 1.23. The van der Waals surface area contributed by atoms with Gasteiger partial charge < -0.3 is 14.2 Å². The van der Waals surface area contributed by atoms with Crippen molar-refractivity contribution in [3.63, 3.8) is 0 Å². The molecule has 194 valence electrons. The molecule has 0 radical (unpaired) electrons. The highest BCUT2D eigenvalue weighted by molar-refractivity contribution is 7.93. The lowest BCUT2D eigenvalue weighted by Gasteiger charge is -2.22. The molecule has 0 bridgehead atoms. The Morgan fingerprint density at radius 1 is 1.14 bits per heavy atom. The van der Waals surface area contributed by atoms with E-state index in [0.29, 0.717) is 46.9 Å². The Hall–Kier alpha value is -2.96. The highest BCUT2D eigenvalue weighted by Gasteiger charge is 2.36. The van der Waals surface area contributed by atoms with Gasteiger partial charge in [-0.1, -0.05) is 24.6 Å². The Morgan fingerprint density at radius 2 is 1.78 bits per heavy atom. The van der Waals surface area contributed by atoms with Gasteiger partial charge >= 0.3 is 0 Å². The lowest BCUT2D eigenvalue weighted by Crippen LogP contribution is -2.31. The normalized spacial score (nSPS) is 19.6. The number of benzene rings is 1. The average Bonchev–Trinajstić information content (AvgIpc) is 3.47. The molecule has 1 N–H and O–H groups in total. The fourth-order valence-corrected chi connectivity index (χ4v) is 5.53. The molecule has 0 unspecified atom stereocenters. The van der Waals surface area contributed by atoms with Gasteiger partial charge in [0.2, 0.25) is 16.0 Å². The Labute approximate surface area is 215 Å². The van der Waals surface area contributed by atoms with Crippen LogP contribution in [0.25, 0.3) is 5.69 Å². The molecule has 4 rings (SSSR count). The molecule has 0 aliphatic carbocycles. The minimum atomic E-state index is -3.96. The number of nitrogens with one attached hydrogen (secondary N) is 1. The van der Waals surface area contributed by atoms with Crippen molar-refractivity contribution < 1.29 is 22.6 Å². The number of sulfonamides is 1. The first kappa shape index (κ1) is 26.1. The van der Waals surface area contributed by atoms with Crippen molar-refractivity contribution in [2.45, 2.75) is 50.4 Å². The zero-order valence-electron chi connectivity index (χ0n) is 20.7. The van der Waals surface area contributed by atoms with Crippen molar-refractivity contribution in [1.82, 2.24) is 24.7 Å². The van der Waals surface area contributed by atoms with E-state index in [1.807, 2.05) is 6.92 Å². The first-order valence-corrected chi connectivity index (χ1v) is 13.4. The summed E-state index contributed by atoms with van der Waals surface area (Å²) in [5.41, 5.74) is 0.487. The maximum Gasteiger partial charge on any atom is 0.243 e. The van der Waals surface area contributed by atoms with Crippen molar-refractivity contribution in [1.29, 1.82) is 0 Å². The largest absolute Gasteiger partial charge is 0.494 e. The van der Waals surface area contributed by atoms with E-state index in [9.17, 15) is 8.42 Å². The van der Waals surface area contributed by atoms with E-state index in [2.05, 4.69) is 24.9 Å². The van der Waals surface area contributed by atoms with Gasteiger partial charge in [-0.05, 0) is 32.4 Å². The fourth-order valence-electron chi connectivity index (χ4n) is 4.20. The van der Waals surface area contributed by atoms with Gasteiger partial charge in [-0.15, -0.1) is 10.2 Å². The zero-order valence-corrected chi connectivity index (χ0v) is 22.2. The van der Waals surface area contributed by atoms with E-state index in [-0.39, 0.29) is 18.0 Å². The predicted molar refractivity (Wildman–Crippen MR) is 135 cm³/mol. The molecule has 13 heteroatoms. The van der Waals surface area contributed by atoms with Crippen molar-refractivity contribution in [2.24, 2.45) is 0 Å². The minimum absolute atomic E-state index is 0.0166. The molecule has 2 aromatic heterocycles. The standard InChI is InChI=1S/C23H29ClN6O5S/c1-13(21-25-11-16(24)12-26-21)15(3)36(31,32)29-23-28-27-22(17-9-10-35-14(17)2)30(23)20-18(33-4)7-6-8-19(20)34-5/h6-8,11-15,17H,9-10H2,1-5H3,(H,28,29)/t13-,14-,15-,17+/m0/s1. The van der Waals surface area contributed by atoms with E-state index >= 15 is 0 Å². The van der Waals surface area contributed by atoms with E-state index in [0.717, 1.165) is 0 Å². The van der Waals surface area contributed by atoms with Crippen LogP contribution in [0, 0.1) is 0 Å². The van der Waals surface area contributed by atoms with Gasteiger partial charge in [-0.3, -0.25) is 9.29 Å². The third-order valence-electron chi connectivity index (χ3n) is 6.50. The van der Waals surface area contributed by atoms with Gasteiger partial charge in [-0.25, -0.2) is 18.4 Å². The summed E-state index contributed by atoms with van der Waals surface area (Å²) in [5, 5.41) is 8.10. The first-order valence-electron chi connectivity index (χ1n) is 11.4. The second-order valence-corrected chi connectivity index (χ2v) is 11.1. The van der Waals surface area contributed by atoms with Crippen LogP contribution in [-0.4, -0.2) is 65.3 Å². The van der Waals surface area contributed by atoms with Crippen LogP contribution in [0.1, 0.15) is 50.7 Å². The number of methoxy groups -OCH3 is 2. The van der Waals surface area contributed by atoms with Gasteiger partial charge in [-0.2, -0.15) is 0 Å². The third kappa shape index (κ3) is 4.97. The molecule has 11 nitrogen and oxygen atoms in total. The number of nitrogens with zero attached hydrogens (tertiary/aromatic N) is 5. The van der Waals surface area contributed by atoms with Gasteiger partial charge in [0.15, 0.2) is 0 Å². The minimum Gasteiger partial charge on any atom is -0.494 e. The fraction of sp³-hybridized carbons (Fsp3) is 0.478. The van der Waals surface area contributed by atoms with Crippen LogP contribution in [0.4, 0.5) is 5.95 Å². The Balaban J connectivity index is 1.78. The number of para-hydroxylation sites is 1. The molecule has 3 aromatic rings. The van der Waals surface area contributed by atoms with Crippen molar-refractivity contribution in [2.75, 3.05) is 25.5 Å². The van der Waals surface area contributed by atoms with E-state index < -0.39 is 21.2 Å². The summed E-state index contributed by atoms with van der Waals surface area (Å²) >= 11 is 5.88. The van der Waals surface area contributed by atoms with E-state index in [1.54, 1.807) is 36.6 Å². The van der Waals surface area contributed by atoms with Crippen LogP contribution < -0.4 is 14.2 Å². The monoisotopic (exact) mass is 536 g/mol. The third-order valence-corrected chi connectivity index (χ3v) is 8.55. The Kier molecular flexibility index (Phi) is 7.67. The summed E-state index contributed by atoms with van der Waals surface area (Å²) < 4.78 is 48.3. The molecule has 0 spiro atoms. The molecule has 36 heavy (non-hydrogen) atoms. The number of rotatable bonds is 9. The van der Waals surface area contributed by atoms with Gasteiger partial charge in [0.1, 0.15) is 28.8 Å². The van der Waals surface area contributed by atoms with E-state index in [4.69, 9.17) is 25.8 Å². The number of hydrogen-bond donors (Lipinski definition) is 1. The first-order chi connectivity index (χ1) is 17.2. The van der Waals surface area contributed by atoms with Gasteiger partial charge in [0.05, 0.1) is 30.6 Å². The number of hydrogen-bond acceptors (Lipinski definition) is 9. The summed E-state index contributed by atoms with van der Waals surface area (Å²) in [7, 11) is -0.901. The highest BCUT2D eigenvalue weighted by Crippen LogP contribution is 2.40. The summed E-state index contributed by atoms with van der Waals surface area (Å²) in [6.07, 6.45) is 3.47. The second kappa shape index (κ2) is 10.6. The lowest BCUT2D eigenvalue weighted by atomic mass is 10.0. The molecule has 1 aliphatic heterocycles. The topological polar surface area (TPSA) is 130 Å². The van der Waals surface area contributed by atoms with Crippen LogP contribution in [0.3, 0.4) is 0 Å². The molecule has 1 aromatic carbocycles. The van der Waals surface area contributed by atoms with Crippen LogP contribution in [0.15, 0.2) is 30.6 Å². The SMILES string of the molecule is COc1cccc(OC)c1-n1c(NS(=O)(=O)[C@@H](C)[C@H](C)c2ncc(Cl)cn2)nnc1[C@@H]1CCO[C@H]1C. The number of ether oxygens (including phenoxy) is 3. The van der Waals surface area contributed by atoms with Crippen molar-refractivity contribution in [3.8, 4) is 17.2 Å². The zero-order chi connectivity index (χ0) is 26.0. The molecule has 1 aliphatic rings. The van der Waals surface area contributed by atoms with Crippen molar-refractivity contribution in [3.05, 3.63) is 47.3 Å². The number of aromatic nitrogens is 5.